The Morgan fingerprint density at radius 1 is 1.03 bits per heavy atom. The van der Waals surface area contributed by atoms with E-state index >= 15 is 0 Å². The lowest BCUT2D eigenvalue weighted by Gasteiger charge is -2.29. The van der Waals surface area contributed by atoms with E-state index in [1.165, 1.54) is 12.7 Å². The maximum Gasteiger partial charge on any atom is 0.340 e. The van der Waals surface area contributed by atoms with Gasteiger partial charge < -0.3 is 14.4 Å². The van der Waals surface area contributed by atoms with E-state index in [4.69, 9.17) is 14.5 Å². The van der Waals surface area contributed by atoms with Crippen molar-refractivity contribution in [2.24, 2.45) is 5.92 Å². The highest BCUT2D eigenvalue weighted by Crippen LogP contribution is 2.41. The van der Waals surface area contributed by atoms with Crippen molar-refractivity contribution in [1.29, 1.82) is 0 Å². The van der Waals surface area contributed by atoms with E-state index in [2.05, 4.69) is 12.1 Å². The minimum absolute atomic E-state index is 0.0844. The van der Waals surface area contributed by atoms with Crippen molar-refractivity contribution >= 4 is 39.1 Å². The smallest absolute Gasteiger partial charge is 0.340 e. The second kappa shape index (κ2) is 11.3. The molecule has 200 valence electrons. The zero-order valence-electron chi connectivity index (χ0n) is 22.1. The van der Waals surface area contributed by atoms with Gasteiger partial charge in [-0.25, -0.2) is 9.78 Å². The number of esters is 1. The fourth-order valence-corrected chi connectivity index (χ4v) is 6.95. The molecule has 7 heteroatoms. The number of hydrogen-bond acceptors (Lipinski definition) is 6. The molecule has 2 heterocycles. The Morgan fingerprint density at radius 3 is 2.59 bits per heavy atom. The third kappa shape index (κ3) is 5.34. The molecule has 0 bridgehead atoms. The number of aromatic nitrogens is 1. The third-order valence-electron chi connectivity index (χ3n) is 7.98. The van der Waals surface area contributed by atoms with Crippen LogP contribution in [-0.2, 0) is 22.5 Å². The molecule has 1 aliphatic carbocycles. The topological polar surface area (TPSA) is 68.7 Å². The van der Waals surface area contributed by atoms with E-state index in [1.54, 1.807) is 22.3 Å². The molecule has 0 saturated heterocycles. The van der Waals surface area contributed by atoms with Crippen LogP contribution >= 0.6 is 11.3 Å². The molecule has 0 spiro atoms. The molecule has 39 heavy (non-hydrogen) atoms. The van der Waals surface area contributed by atoms with Gasteiger partial charge in [0, 0.05) is 24.6 Å². The Morgan fingerprint density at radius 2 is 1.79 bits per heavy atom. The third-order valence-corrected chi connectivity index (χ3v) is 9.16. The number of thiazole rings is 1. The number of ether oxygens (including phenoxy) is 2. The average molecular weight is 541 g/mol. The van der Waals surface area contributed by atoms with Gasteiger partial charge in [-0.15, -0.1) is 11.3 Å². The summed E-state index contributed by atoms with van der Waals surface area (Å²) in [5.74, 6) is 0.439. The Hall–Kier alpha value is -3.55. The molecule has 3 aromatic carbocycles. The van der Waals surface area contributed by atoms with E-state index in [9.17, 15) is 9.59 Å². The fraction of sp³-hybridized carbons (Fsp3) is 0.344. The van der Waals surface area contributed by atoms with Gasteiger partial charge in [0.1, 0.15) is 0 Å². The van der Waals surface area contributed by atoms with Crippen LogP contribution in [0.5, 0.6) is 0 Å². The van der Waals surface area contributed by atoms with E-state index in [0.717, 1.165) is 59.5 Å². The zero-order valence-corrected chi connectivity index (χ0v) is 22.9. The summed E-state index contributed by atoms with van der Waals surface area (Å²) in [6.07, 6.45) is 5.15. The molecule has 1 saturated carbocycles. The number of benzene rings is 3. The fourth-order valence-electron chi connectivity index (χ4n) is 5.80. The van der Waals surface area contributed by atoms with Crippen molar-refractivity contribution in [3.63, 3.8) is 0 Å². The molecule has 6 nitrogen and oxygen atoms in total. The first-order valence-corrected chi connectivity index (χ1v) is 14.5. The van der Waals surface area contributed by atoms with E-state index in [0.29, 0.717) is 41.8 Å². The highest BCUT2D eigenvalue weighted by Gasteiger charge is 2.30. The lowest BCUT2D eigenvalue weighted by molar-refractivity contribution is 0.0601. The van der Waals surface area contributed by atoms with Gasteiger partial charge in [-0.05, 0) is 67.3 Å². The van der Waals surface area contributed by atoms with Crippen LogP contribution in [0.25, 0.3) is 10.2 Å². The van der Waals surface area contributed by atoms with Gasteiger partial charge in [-0.2, -0.15) is 0 Å². The number of carbonyl (C=O) groups is 2. The molecule has 1 aliphatic heterocycles. The quantitative estimate of drug-likeness (QED) is 0.242. The van der Waals surface area contributed by atoms with Crippen molar-refractivity contribution in [2.45, 2.75) is 44.6 Å². The van der Waals surface area contributed by atoms with Crippen LogP contribution in [0.4, 0.5) is 5.69 Å². The van der Waals surface area contributed by atoms with Gasteiger partial charge in [0.05, 0.1) is 40.2 Å². The Balaban J connectivity index is 1.18. The SMILES string of the molecule is COC(=O)c1cc2nc(C3CCC(COCc4ccccc4)CC3)sc2cc1N1CCc2ccccc2C1=O. The molecule has 0 atom stereocenters. The standard InChI is InChI=1S/C32H32N2O4S/c1-37-32(36)26-17-27-29(18-28(26)34-16-15-23-9-5-6-10-25(23)31(34)35)39-30(33-27)24-13-11-22(12-14-24)20-38-19-21-7-3-2-4-8-21/h2-10,17-18,22,24H,11-16,19-20H2,1H3. The van der Waals surface area contributed by atoms with Crippen LogP contribution in [0.2, 0.25) is 0 Å². The lowest BCUT2D eigenvalue weighted by atomic mass is 9.83. The summed E-state index contributed by atoms with van der Waals surface area (Å²) in [5, 5.41) is 1.11. The highest BCUT2D eigenvalue weighted by molar-refractivity contribution is 7.18. The number of nitrogens with zero attached hydrogens (tertiary/aromatic N) is 2. The van der Waals surface area contributed by atoms with Gasteiger partial charge in [0.25, 0.3) is 5.91 Å². The first kappa shape index (κ1) is 25.7. The first-order valence-electron chi connectivity index (χ1n) is 13.6. The van der Waals surface area contributed by atoms with Crippen LogP contribution in [0.15, 0.2) is 66.7 Å². The summed E-state index contributed by atoms with van der Waals surface area (Å²) in [6, 6.07) is 21.7. The van der Waals surface area contributed by atoms with Gasteiger partial charge in [-0.1, -0.05) is 48.5 Å². The molecular weight excluding hydrogens is 508 g/mol. The number of hydrogen-bond donors (Lipinski definition) is 0. The van der Waals surface area contributed by atoms with Crippen LogP contribution in [0, 0.1) is 5.92 Å². The molecule has 0 unspecified atom stereocenters. The van der Waals surface area contributed by atoms with Crippen LogP contribution in [0.1, 0.15) is 68.5 Å². The molecule has 1 amide bonds. The van der Waals surface area contributed by atoms with E-state index < -0.39 is 5.97 Å². The number of anilines is 1. The Kier molecular flexibility index (Phi) is 7.44. The van der Waals surface area contributed by atoms with Crippen molar-refractivity contribution < 1.29 is 19.1 Å². The lowest BCUT2D eigenvalue weighted by Crippen LogP contribution is -2.38. The molecule has 4 aromatic rings. The number of amides is 1. The minimum atomic E-state index is -0.455. The van der Waals surface area contributed by atoms with Crippen molar-refractivity contribution in [3.05, 3.63) is 94.0 Å². The number of fused-ring (bicyclic) bond motifs is 2. The maximum absolute atomic E-state index is 13.4. The molecule has 2 aliphatic rings. The predicted octanol–water partition coefficient (Wildman–Crippen LogP) is 6.78. The molecule has 1 aromatic heterocycles. The summed E-state index contributed by atoms with van der Waals surface area (Å²) in [6.45, 7) is 1.97. The Labute approximate surface area is 232 Å². The molecule has 0 N–H and O–H groups in total. The molecule has 0 radical (unpaired) electrons. The highest BCUT2D eigenvalue weighted by atomic mass is 32.1. The van der Waals surface area contributed by atoms with Gasteiger partial charge in [0.2, 0.25) is 0 Å². The second-order valence-corrected chi connectivity index (χ2v) is 11.5. The monoisotopic (exact) mass is 540 g/mol. The summed E-state index contributed by atoms with van der Waals surface area (Å²) in [5.41, 5.74) is 4.71. The van der Waals surface area contributed by atoms with Crippen LogP contribution in [-0.4, -0.2) is 37.1 Å². The van der Waals surface area contributed by atoms with Gasteiger partial charge in [-0.3, -0.25) is 4.79 Å². The zero-order chi connectivity index (χ0) is 26.8. The second-order valence-electron chi connectivity index (χ2n) is 10.5. The predicted molar refractivity (Wildman–Crippen MR) is 154 cm³/mol. The largest absolute Gasteiger partial charge is 0.465 e. The Bertz CT molecular complexity index is 1490. The van der Waals surface area contributed by atoms with Crippen molar-refractivity contribution in [2.75, 3.05) is 25.2 Å². The normalized spacial score (nSPS) is 19.2. The molecular formula is C32H32N2O4S. The summed E-state index contributed by atoms with van der Waals surface area (Å²) in [7, 11) is 1.37. The first-order chi connectivity index (χ1) is 19.1. The van der Waals surface area contributed by atoms with Crippen LogP contribution in [0.3, 0.4) is 0 Å². The number of rotatable bonds is 7. The van der Waals surface area contributed by atoms with Gasteiger partial charge >= 0.3 is 5.97 Å². The van der Waals surface area contributed by atoms with Crippen LogP contribution < -0.4 is 4.90 Å². The number of methoxy groups -OCH3 is 1. The number of carbonyl (C=O) groups excluding carboxylic acids is 2. The molecule has 1 fully saturated rings. The maximum atomic E-state index is 13.4. The van der Waals surface area contributed by atoms with Gasteiger partial charge in [0.15, 0.2) is 0 Å². The van der Waals surface area contributed by atoms with Crippen molar-refractivity contribution in [1.82, 2.24) is 4.98 Å². The van der Waals surface area contributed by atoms with E-state index in [1.807, 2.05) is 48.5 Å². The molecule has 6 rings (SSSR count). The average Bonchev–Trinajstić information content (AvgIpc) is 3.40. The van der Waals surface area contributed by atoms with E-state index in [-0.39, 0.29) is 5.91 Å². The minimum Gasteiger partial charge on any atom is -0.465 e. The summed E-state index contributed by atoms with van der Waals surface area (Å²) >= 11 is 1.68. The summed E-state index contributed by atoms with van der Waals surface area (Å²) in [4.78, 5) is 32.9. The van der Waals surface area contributed by atoms with Crippen molar-refractivity contribution in [3.8, 4) is 0 Å². The summed E-state index contributed by atoms with van der Waals surface area (Å²) < 4.78 is 12.1.